The normalized spacial score (nSPS) is 15.1. The summed E-state index contributed by atoms with van der Waals surface area (Å²) in [4.78, 5) is 0. The van der Waals surface area contributed by atoms with E-state index >= 15 is 0 Å². The Kier molecular flexibility index (Phi) is 2.97. The second-order valence-corrected chi connectivity index (χ2v) is 6.64. The fraction of sp³-hybridized carbons (Fsp3) is 0.143. The van der Waals surface area contributed by atoms with Crippen molar-refractivity contribution in [3.63, 3.8) is 0 Å². The summed E-state index contributed by atoms with van der Waals surface area (Å²) in [5, 5.41) is 0. The molecule has 0 saturated carbocycles. The molecule has 3 aromatic carbocycles. The van der Waals surface area contributed by atoms with Crippen molar-refractivity contribution in [3.8, 4) is 0 Å². The van der Waals surface area contributed by atoms with Gasteiger partial charge in [0.1, 0.15) is 0 Å². The lowest BCUT2D eigenvalue weighted by Crippen LogP contribution is -2.60. The first kappa shape index (κ1) is 13.4. The summed E-state index contributed by atoms with van der Waals surface area (Å²) in [6.45, 7) is 5.01. The third-order valence-electron chi connectivity index (χ3n) is 5.02. The van der Waals surface area contributed by atoms with Crippen molar-refractivity contribution < 1.29 is 0 Å². The molecule has 4 rings (SSSR count). The zero-order chi connectivity index (χ0) is 15.2. The van der Waals surface area contributed by atoms with Gasteiger partial charge in [0.2, 0.25) is 6.71 Å². The zero-order valence-electron chi connectivity index (χ0n) is 13.1. The van der Waals surface area contributed by atoms with Gasteiger partial charge in [-0.05, 0) is 11.1 Å². The third-order valence-corrected chi connectivity index (χ3v) is 5.02. The lowest BCUT2D eigenvalue weighted by molar-refractivity contribution is 0.646. The molecule has 22 heavy (non-hydrogen) atoms. The van der Waals surface area contributed by atoms with Crippen LogP contribution in [0.15, 0.2) is 78.9 Å². The topological polar surface area (TPSA) is 0 Å². The Morgan fingerprint density at radius 2 is 1.05 bits per heavy atom. The van der Waals surface area contributed by atoms with E-state index in [0.717, 1.165) is 0 Å². The van der Waals surface area contributed by atoms with E-state index in [2.05, 4.69) is 92.7 Å². The highest BCUT2D eigenvalue weighted by atomic mass is 14.3. The van der Waals surface area contributed by atoms with Gasteiger partial charge in [-0.15, -0.1) is 0 Å². The fourth-order valence-electron chi connectivity index (χ4n) is 3.95. The van der Waals surface area contributed by atoms with E-state index in [0.29, 0.717) is 6.71 Å². The largest absolute Gasteiger partial charge is 0.241 e. The van der Waals surface area contributed by atoms with Crippen LogP contribution in [-0.4, -0.2) is 6.71 Å². The Labute approximate surface area is 132 Å². The molecule has 1 aliphatic rings. The Hall–Kier alpha value is -2.28. The molecular weight excluding hydrogens is 263 g/mol. The van der Waals surface area contributed by atoms with Gasteiger partial charge >= 0.3 is 0 Å². The number of hydrogen-bond donors (Lipinski definition) is 0. The number of rotatable bonds is 1. The number of benzene rings is 3. The van der Waals surface area contributed by atoms with Gasteiger partial charge in [-0.25, -0.2) is 0 Å². The Morgan fingerprint density at radius 3 is 1.59 bits per heavy atom. The van der Waals surface area contributed by atoms with Crippen LogP contribution in [0, 0.1) is 0 Å². The molecule has 0 saturated heterocycles. The summed E-state index contributed by atoms with van der Waals surface area (Å²) in [5.74, 6) is 0. The van der Waals surface area contributed by atoms with Gasteiger partial charge in [0.15, 0.2) is 0 Å². The van der Waals surface area contributed by atoms with E-state index in [9.17, 15) is 0 Å². The van der Waals surface area contributed by atoms with Crippen molar-refractivity contribution in [2.45, 2.75) is 19.3 Å². The molecule has 0 atom stereocenters. The van der Waals surface area contributed by atoms with Crippen LogP contribution in [0.2, 0.25) is 0 Å². The smallest absolute Gasteiger partial charge is 0.0686 e. The minimum Gasteiger partial charge on any atom is -0.0686 e. The molecular formula is C21H19B. The van der Waals surface area contributed by atoms with E-state index in [-0.39, 0.29) is 5.41 Å². The minimum absolute atomic E-state index is 0.0540. The highest BCUT2D eigenvalue weighted by Gasteiger charge is 2.39. The van der Waals surface area contributed by atoms with Crippen LogP contribution in [0.25, 0.3) is 0 Å². The van der Waals surface area contributed by atoms with E-state index < -0.39 is 0 Å². The molecule has 1 heteroatoms. The molecule has 3 aromatic rings. The molecule has 0 N–H and O–H groups in total. The molecule has 0 aliphatic carbocycles. The van der Waals surface area contributed by atoms with Crippen molar-refractivity contribution in [2.75, 3.05) is 0 Å². The van der Waals surface area contributed by atoms with Crippen molar-refractivity contribution in [3.05, 3.63) is 90.0 Å². The molecule has 106 valence electrons. The zero-order valence-corrected chi connectivity index (χ0v) is 13.1. The average Bonchev–Trinajstić information content (AvgIpc) is 2.56. The highest BCUT2D eigenvalue weighted by molar-refractivity contribution is 6.96. The maximum Gasteiger partial charge on any atom is 0.241 e. The molecule has 0 radical (unpaired) electrons. The van der Waals surface area contributed by atoms with E-state index in [1.165, 1.54) is 27.5 Å². The Bertz CT molecular complexity index is 769. The van der Waals surface area contributed by atoms with Crippen LogP contribution in [0.4, 0.5) is 0 Å². The quantitative estimate of drug-likeness (QED) is 0.602. The van der Waals surface area contributed by atoms with Gasteiger partial charge in [0, 0.05) is 5.41 Å². The van der Waals surface area contributed by atoms with Crippen LogP contribution in [-0.2, 0) is 5.41 Å². The SMILES string of the molecule is CC1(C)c2ccccc2B(c2ccccc2)c2ccccc21. The van der Waals surface area contributed by atoms with Crippen LogP contribution in [0.3, 0.4) is 0 Å². The number of hydrogen-bond acceptors (Lipinski definition) is 0. The summed E-state index contributed by atoms with van der Waals surface area (Å²) in [5.41, 5.74) is 7.20. The predicted octanol–water partition coefficient (Wildman–Crippen LogP) is 2.84. The molecule has 0 bridgehead atoms. The second kappa shape index (κ2) is 4.88. The predicted molar refractivity (Wildman–Crippen MR) is 96.1 cm³/mol. The highest BCUT2D eigenvalue weighted by Crippen LogP contribution is 2.32. The molecule has 0 aromatic heterocycles. The summed E-state index contributed by atoms with van der Waals surface area (Å²) in [7, 11) is 0. The summed E-state index contributed by atoms with van der Waals surface area (Å²) in [6.07, 6.45) is 0. The standard InChI is InChI=1S/C21H19B/c1-21(2)17-12-6-8-14-19(17)22(16-10-4-3-5-11-16)20-15-9-7-13-18(20)21/h3-15H,1-2H3. The van der Waals surface area contributed by atoms with Gasteiger partial charge in [-0.2, -0.15) is 0 Å². The monoisotopic (exact) mass is 282 g/mol. The van der Waals surface area contributed by atoms with Crippen molar-refractivity contribution in [1.29, 1.82) is 0 Å². The molecule has 1 heterocycles. The van der Waals surface area contributed by atoms with E-state index in [4.69, 9.17) is 0 Å². The van der Waals surface area contributed by atoms with Crippen molar-refractivity contribution >= 4 is 23.1 Å². The first-order valence-electron chi connectivity index (χ1n) is 7.93. The summed E-state index contributed by atoms with van der Waals surface area (Å²) >= 11 is 0. The molecule has 0 unspecified atom stereocenters. The first-order chi connectivity index (χ1) is 10.7. The lowest BCUT2D eigenvalue weighted by atomic mass is 9.31. The molecule has 1 aliphatic heterocycles. The van der Waals surface area contributed by atoms with Crippen molar-refractivity contribution in [2.24, 2.45) is 0 Å². The Morgan fingerprint density at radius 1 is 0.591 bits per heavy atom. The average molecular weight is 282 g/mol. The molecule has 0 spiro atoms. The maximum atomic E-state index is 2.34. The van der Waals surface area contributed by atoms with Crippen LogP contribution < -0.4 is 16.4 Å². The van der Waals surface area contributed by atoms with Gasteiger partial charge in [0.25, 0.3) is 0 Å². The maximum absolute atomic E-state index is 2.34. The minimum atomic E-state index is 0.0540. The van der Waals surface area contributed by atoms with Crippen LogP contribution in [0.1, 0.15) is 25.0 Å². The van der Waals surface area contributed by atoms with Gasteiger partial charge in [-0.1, -0.05) is 109 Å². The van der Waals surface area contributed by atoms with Crippen LogP contribution in [0.5, 0.6) is 0 Å². The van der Waals surface area contributed by atoms with Gasteiger partial charge < -0.3 is 0 Å². The molecule has 0 amide bonds. The molecule has 0 fully saturated rings. The fourth-order valence-corrected chi connectivity index (χ4v) is 3.95. The van der Waals surface area contributed by atoms with E-state index in [1.54, 1.807) is 0 Å². The summed E-state index contributed by atoms with van der Waals surface area (Å²) < 4.78 is 0. The Balaban J connectivity index is 2.05. The number of fused-ring (bicyclic) bond motifs is 2. The first-order valence-corrected chi connectivity index (χ1v) is 7.93. The third kappa shape index (κ3) is 1.85. The van der Waals surface area contributed by atoms with E-state index in [1.807, 2.05) is 0 Å². The summed E-state index contributed by atoms with van der Waals surface area (Å²) in [6, 6.07) is 28.7. The lowest BCUT2D eigenvalue weighted by Gasteiger charge is -2.38. The van der Waals surface area contributed by atoms with Gasteiger partial charge in [-0.3, -0.25) is 0 Å². The van der Waals surface area contributed by atoms with Crippen molar-refractivity contribution in [1.82, 2.24) is 0 Å². The molecule has 0 nitrogen and oxygen atoms in total. The van der Waals surface area contributed by atoms with Gasteiger partial charge in [0.05, 0.1) is 0 Å². The van der Waals surface area contributed by atoms with Crippen LogP contribution >= 0.6 is 0 Å². The second-order valence-electron chi connectivity index (χ2n) is 6.64.